The molecule has 0 radical (unpaired) electrons. The second kappa shape index (κ2) is 8.79. The molecule has 4 atom stereocenters. The Labute approximate surface area is 153 Å². The summed E-state index contributed by atoms with van der Waals surface area (Å²) in [6.45, 7) is 3.52. The minimum atomic E-state index is -0.771. The Kier molecular flexibility index (Phi) is 6.44. The fourth-order valence-corrected chi connectivity index (χ4v) is 3.61. The van der Waals surface area contributed by atoms with Gasteiger partial charge < -0.3 is 30.5 Å². The van der Waals surface area contributed by atoms with Gasteiger partial charge in [0.15, 0.2) is 0 Å². The van der Waals surface area contributed by atoms with Crippen LogP contribution in [0.2, 0.25) is 0 Å². The highest BCUT2D eigenvalue weighted by atomic mass is 16.5. The van der Waals surface area contributed by atoms with Crippen LogP contribution in [0.3, 0.4) is 0 Å². The van der Waals surface area contributed by atoms with Crippen molar-refractivity contribution in [3.05, 3.63) is 30.3 Å². The largest absolute Gasteiger partial charge is 0.394 e. The van der Waals surface area contributed by atoms with Gasteiger partial charge >= 0.3 is 6.03 Å². The Morgan fingerprint density at radius 3 is 2.54 bits per heavy atom. The van der Waals surface area contributed by atoms with E-state index >= 15 is 0 Å². The first-order valence-electron chi connectivity index (χ1n) is 9.05. The third-order valence-corrected chi connectivity index (χ3v) is 5.10. The number of amides is 2. The zero-order valence-electron chi connectivity index (χ0n) is 15.0. The van der Waals surface area contributed by atoms with E-state index in [9.17, 15) is 15.0 Å². The van der Waals surface area contributed by atoms with Crippen LogP contribution < -0.4 is 10.6 Å². The van der Waals surface area contributed by atoms with Gasteiger partial charge in [-0.3, -0.25) is 4.90 Å². The highest BCUT2D eigenvalue weighted by Crippen LogP contribution is 2.26. The first kappa shape index (κ1) is 19.1. The number of ether oxygens (including phenoxy) is 1. The number of aliphatic hydroxyl groups is 2. The molecule has 8 heteroatoms. The van der Waals surface area contributed by atoms with E-state index < -0.39 is 12.2 Å². The summed E-state index contributed by atoms with van der Waals surface area (Å²) >= 11 is 0. The van der Waals surface area contributed by atoms with Gasteiger partial charge in [-0.2, -0.15) is 0 Å². The van der Waals surface area contributed by atoms with Crippen molar-refractivity contribution in [3.8, 4) is 0 Å². The van der Waals surface area contributed by atoms with Gasteiger partial charge in [-0.25, -0.2) is 4.79 Å². The van der Waals surface area contributed by atoms with Crippen LogP contribution in [-0.4, -0.2) is 96.8 Å². The number of anilines is 1. The molecule has 0 aliphatic carbocycles. The molecule has 2 heterocycles. The molecule has 144 valence electrons. The van der Waals surface area contributed by atoms with E-state index in [0.717, 1.165) is 26.2 Å². The number of aliphatic hydroxyl groups excluding tert-OH is 2. The molecule has 26 heavy (non-hydrogen) atoms. The number of piperazine rings is 1. The number of rotatable bonds is 5. The van der Waals surface area contributed by atoms with E-state index in [0.29, 0.717) is 5.69 Å². The van der Waals surface area contributed by atoms with Gasteiger partial charge in [0.2, 0.25) is 0 Å². The lowest BCUT2D eigenvalue weighted by molar-refractivity contribution is -0.0205. The molecule has 0 aromatic heterocycles. The molecule has 2 aliphatic rings. The first-order valence-corrected chi connectivity index (χ1v) is 9.05. The fraction of sp³-hybridized carbons (Fsp3) is 0.611. The summed E-state index contributed by atoms with van der Waals surface area (Å²) in [5.41, 5.74) is 0.709. The number of nitrogens with zero attached hydrogens (tertiary/aromatic N) is 2. The number of likely N-dealkylation sites (N-methyl/N-ethyl adjacent to an activating group) is 1. The van der Waals surface area contributed by atoms with Gasteiger partial charge in [0.1, 0.15) is 12.2 Å². The van der Waals surface area contributed by atoms with E-state index in [-0.39, 0.29) is 31.3 Å². The van der Waals surface area contributed by atoms with Crippen LogP contribution >= 0.6 is 0 Å². The molecule has 8 nitrogen and oxygen atoms in total. The number of carbonyl (C=O) groups excluding carboxylic acids is 1. The van der Waals surface area contributed by atoms with Crippen LogP contribution in [0.5, 0.6) is 0 Å². The Bertz CT molecular complexity index is 580. The summed E-state index contributed by atoms with van der Waals surface area (Å²) in [6.07, 6.45) is -1.76. The van der Waals surface area contributed by atoms with Crippen LogP contribution in [0.25, 0.3) is 0 Å². The normalized spacial score (nSPS) is 30.3. The Morgan fingerprint density at radius 2 is 1.88 bits per heavy atom. The van der Waals surface area contributed by atoms with E-state index in [2.05, 4.69) is 27.5 Å². The Hall–Kier alpha value is -1.71. The molecule has 0 spiro atoms. The highest BCUT2D eigenvalue weighted by molar-refractivity contribution is 5.89. The molecule has 2 aliphatic heterocycles. The van der Waals surface area contributed by atoms with Crippen molar-refractivity contribution in [1.82, 2.24) is 15.1 Å². The predicted octanol–water partition coefficient (Wildman–Crippen LogP) is -0.455. The molecule has 0 saturated carbocycles. The molecule has 2 saturated heterocycles. The quantitative estimate of drug-likeness (QED) is 0.565. The third kappa shape index (κ3) is 4.52. The number of benzene rings is 1. The Balaban J connectivity index is 1.58. The maximum absolute atomic E-state index is 12.1. The van der Waals surface area contributed by atoms with E-state index in [4.69, 9.17) is 4.74 Å². The van der Waals surface area contributed by atoms with Crippen molar-refractivity contribution in [2.24, 2.45) is 0 Å². The number of carbonyl (C=O) groups is 1. The van der Waals surface area contributed by atoms with Gasteiger partial charge in [0, 0.05) is 38.4 Å². The van der Waals surface area contributed by atoms with Gasteiger partial charge in [-0.05, 0) is 19.2 Å². The van der Waals surface area contributed by atoms with Crippen LogP contribution in [0, 0.1) is 0 Å². The van der Waals surface area contributed by atoms with Crippen LogP contribution in [0.15, 0.2) is 30.3 Å². The smallest absolute Gasteiger partial charge is 0.319 e. The van der Waals surface area contributed by atoms with E-state index in [1.54, 1.807) is 0 Å². The molecule has 2 amide bonds. The van der Waals surface area contributed by atoms with E-state index in [1.807, 2.05) is 30.3 Å². The van der Waals surface area contributed by atoms with Gasteiger partial charge in [0.25, 0.3) is 0 Å². The van der Waals surface area contributed by atoms with E-state index in [1.165, 1.54) is 0 Å². The maximum Gasteiger partial charge on any atom is 0.319 e. The predicted molar refractivity (Wildman–Crippen MR) is 98.1 cm³/mol. The molecule has 4 N–H and O–H groups in total. The summed E-state index contributed by atoms with van der Waals surface area (Å²) in [6, 6.07) is 8.64. The van der Waals surface area contributed by atoms with Crippen molar-refractivity contribution < 1.29 is 19.7 Å². The van der Waals surface area contributed by atoms with Crippen LogP contribution in [-0.2, 0) is 4.74 Å². The van der Waals surface area contributed by atoms with Crippen molar-refractivity contribution >= 4 is 11.7 Å². The lowest BCUT2D eigenvalue weighted by atomic mass is 10.0. The molecular weight excluding hydrogens is 336 g/mol. The fourth-order valence-electron chi connectivity index (χ4n) is 3.61. The summed E-state index contributed by atoms with van der Waals surface area (Å²) < 4.78 is 5.82. The minimum Gasteiger partial charge on any atom is -0.394 e. The van der Waals surface area contributed by atoms with Crippen molar-refractivity contribution in [1.29, 1.82) is 0 Å². The number of hydrogen-bond acceptors (Lipinski definition) is 6. The monoisotopic (exact) mass is 364 g/mol. The lowest BCUT2D eigenvalue weighted by Gasteiger charge is -2.39. The summed E-state index contributed by atoms with van der Waals surface area (Å²) in [5, 5.41) is 25.6. The molecule has 1 aromatic rings. The zero-order chi connectivity index (χ0) is 18.5. The average Bonchev–Trinajstić information content (AvgIpc) is 2.97. The topological polar surface area (TPSA) is 97.3 Å². The second-order valence-electron chi connectivity index (χ2n) is 6.92. The summed E-state index contributed by atoms with van der Waals surface area (Å²) in [7, 11) is 2.07. The van der Waals surface area contributed by atoms with Crippen molar-refractivity contribution in [2.75, 3.05) is 51.7 Å². The highest BCUT2D eigenvalue weighted by Gasteiger charge is 2.46. The minimum absolute atomic E-state index is 0.238. The number of urea groups is 1. The molecule has 2 fully saturated rings. The second-order valence-corrected chi connectivity index (χ2v) is 6.92. The molecule has 3 rings (SSSR count). The summed E-state index contributed by atoms with van der Waals surface area (Å²) in [5.74, 6) is 0. The maximum atomic E-state index is 12.1. The molecular formula is C18H28N4O4. The van der Waals surface area contributed by atoms with Crippen molar-refractivity contribution in [3.63, 3.8) is 0 Å². The first-order chi connectivity index (χ1) is 12.6. The van der Waals surface area contributed by atoms with Gasteiger partial charge in [-0.1, -0.05) is 18.2 Å². The summed E-state index contributed by atoms with van der Waals surface area (Å²) in [4.78, 5) is 16.6. The van der Waals surface area contributed by atoms with Gasteiger partial charge in [-0.15, -0.1) is 0 Å². The molecule has 0 unspecified atom stereocenters. The zero-order valence-corrected chi connectivity index (χ0v) is 15.0. The SMILES string of the molecule is CN1CCN([C@H]2[C@H](O)[C@H](CO)O[C@@H]2CNC(=O)Nc2ccccc2)CC1. The standard InChI is InChI=1S/C18H28N4O4/c1-21-7-9-22(10-8-21)16-14(26-15(12-23)17(16)24)11-19-18(25)20-13-5-3-2-4-6-13/h2-6,14-17,23-24H,7-12H2,1H3,(H2,19,20,25)/t14-,15+,16-,17-/m1/s1. The van der Waals surface area contributed by atoms with Crippen LogP contribution in [0.4, 0.5) is 10.5 Å². The van der Waals surface area contributed by atoms with Crippen molar-refractivity contribution in [2.45, 2.75) is 24.4 Å². The van der Waals surface area contributed by atoms with Crippen LogP contribution in [0.1, 0.15) is 0 Å². The number of hydrogen-bond donors (Lipinski definition) is 4. The number of para-hydroxylation sites is 1. The molecule has 1 aromatic carbocycles. The van der Waals surface area contributed by atoms with Gasteiger partial charge in [0.05, 0.1) is 18.8 Å². The lowest BCUT2D eigenvalue weighted by Crippen LogP contribution is -2.57. The average molecular weight is 364 g/mol. The third-order valence-electron chi connectivity index (χ3n) is 5.10. The molecule has 0 bridgehead atoms. The number of nitrogens with one attached hydrogen (secondary N) is 2. The Morgan fingerprint density at radius 1 is 1.19 bits per heavy atom.